The molecule has 1 aromatic heterocycles. The Morgan fingerprint density at radius 1 is 1.32 bits per heavy atom. The van der Waals surface area contributed by atoms with E-state index < -0.39 is 20.9 Å². The number of benzene rings is 1. The number of rotatable bonds is 6. The molecule has 9 nitrogen and oxygen atoms in total. The summed E-state index contributed by atoms with van der Waals surface area (Å²) in [7, 11) is -2.12. The van der Waals surface area contributed by atoms with E-state index in [1.807, 2.05) is 0 Å². The predicted molar refractivity (Wildman–Crippen MR) is 103 cm³/mol. The van der Waals surface area contributed by atoms with Crippen molar-refractivity contribution in [3.05, 3.63) is 56.9 Å². The third-order valence-electron chi connectivity index (χ3n) is 4.58. The predicted octanol–water partition coefficient (Wildman–Crippen LogP) is 2.63. The van der Waals surface area contributed by atoms with Crippen molar-refractivity contribution in [1.29, 1.82) is 0 Å². The van der Waals surface area contributed by atoms with Crippen LogP contribution < -0.4 is 0 Å². The minimum absolute atomic E-state index is 0.0343. The van der Waals surface area contributed by atoms with Crippen LogP contribution in [-0.4, -0.2) is 53.6 Å². The summed E-state index contributed by atoms with van der Waals surface area (Å²) in [5, 5.41) is 11.2. The van der Waals surface area contributed by atoms with E-state index in [2.05, 4.69) is 4.98 Å². The van der Waals surface area contributed by atoms with Crippen molar-refractivity contribution in [3.8, 4) is 0 Å². The van der Waals surface area contributed by atoms with Gasteiger partial charge in [-0.1, -0.05) is 11.6 Å². The first kappa shape index (κ1) is 20.3. The second-order valence-electron chi connectivity index (χ2n) is 6.55. The van der Waals surface area contributed by atoms with Crippen molar-refractivity contribution in [2.45, 2.75) is 24.3 Å². The van der Waals surface area contributed by atoms with Gasteiger partial charge in [0, 0.05) is 50.0 Å². The van der Waals surface area contributed by atoms with Crippen LogP contribution in [0.4, 0.5) is 5.69 Å². The fourth-order valence-corrected chi connectivity index (χ4v) is 4.74. The lowest BCUT2D eigenvalue weighted by atomic mass is 10.2. The molecule has 1 aliphatic heterocycles. The number of halogens is 1. The molecule has 0 saturated carbocycles. The largest absolute Gasteiger partial charge is 0.356 e. The van der Waals surface area contributed by atoms with Gasteiger partial charge in [0.1, 0.15) is 10.6 Å². The standard InChI is InChI=1S/C17H19ClN4O5S/c1-20(11-12-8-13(22(24)25)4-5-15(12)18)17(23)16-9-14(10-19-16)28(26,27)21-6-2-3-7-21/h4-5,8-10,19H,2-3,6-7,11H2,1H3. The summed E-state index contributed by atoms with van der Waals surface area (Å²) < 4.78 is 26.6. The van der Waals surface area contributed by atoms with Gasteiger partial charge in [-0.3, -0.25) is 14.9 Å². The Labute approximate surface area is 167 Å². The van der Waals surface area contributed by atoms with E-state index in [4.69, 9.17) is 11.6 Å². The summed E-state index contributed by atoms with van der Waals surface area (Å²) in [5.41, 5.74) is 0.407. The molecule has 2 heterocycles. The zero-order valence-corrected chi connectivity index (χ0v) is 16.7. The van der Waals surface area contributed by atoms with Crippen LogP contribution in [0.25, 0.3) is 0 Å². The fourth-order valence-electron chi connectivity index (χ4n) is 3.05. The SMILES string of the molecule is CN(Cc1cc([N+](=O)[O-])ccc1Cl)C(=O)c1cc(S(=O)(=O)N2CCCC2)c[nH]1. The first-order valence-electron chi connectivity index (χ1n) is 8.57. The van der Waals surface area contributed by atoms with Gasteiger partial charge in [0.2, 0.25) is 10.0 Å². The summed E-state index contributed by atoms with van der Waals surface area (Å²) in [6, 6.07) is 5.31. The van der Waals surface area contributed by atoms with Gasteiger partial charge in [-0.15, -0.1) is 0 Å². The van der Waals surface area contributed by atoms with Crippen LogP contribution in [0.2, 0.25) is 5.02 Å². The maximum atomic E-state index is 12.6. The van der Waals surface area contributed by atoms with Crippen LogP contribution in [0.5, 0.6) is 0 Å². The lowest BCUT2D eigenvalue weighted by molar-refractivity contribution is -0.384. The number of nitro groups is 1. The zero-order valence-electron chi connectivity index (χ0n) is 15.1. The summed E-state index contributed by atoms with van der Waals surface area (Å²) in [6.07, 6.45) is 2.94. The Morgan fingerprint density at radius 2 is 2.00 bits per heavy atom. The Balaban J connectivity index is 1.77. The van der Waals surface area contributed by atoms with Crippen LogP contribution in [0.3, 0.4) is 0 Å². The molecule has 0 bridgehead atoms. The number of nitro benzene ring substituents is 1. The average Bonchev–Trinajstić information content (AvgIpc) is 3.35. The number of hydrogen-bond acceptors (Lipinski definition) is 5. The average molecular weight is 427 g/mol. The number of nitrogens with one attached hydrogen (secondary N) is 1. The topological polar surface area (TPSA) is 117 Å². The molecule has 0 spiro atoms. The lowest BCUT2D eigenvalue weighted by Crippen LogP contribution is -2.28. The van der Waals surface area contributed by atoms with Crippen molar-refractivity contribution in [3.63, 3.8) is 0 Å². The molecule has 0 aliphatic carbocycles. The normalized spacial score (nSPS) is 14.9. The molecule has 0 unspecified atom stereocenters. The number of hydrogen-bond donors (Lipinski definition) is 1. The molecule has 1 fully saturated rings. The van der Waals surface area contributed by atoms with Gasteiger partial charge in [0.15, 0.2) is 0 Å². The zero-order chi connectivity index (χ0) is 20.5. The highest BCUT2D eigenvalue weighted by molar-refractivity contribution is 7.89. The Kier molecular flexibility index (Phi) is 5.73. The highest BCUT2D eigenvalue weighted by Crippen LogP contribution is 2.25. The minimum atomic E-state index is -3.62. The van der Waals surface area contributed by atoms with E-state index in [1.165, 1.54) is 46.7 Å². The van der Waals surface area contributed by atoms with Gasteiger partial charge in [-0.2, -0.15) is 4.31 Å². The number of carbonyl (C=O) groups excluding carboxylic acids is 1. The number of H-pyrrole nitrogens is 1. The van der Waals surface area contributed by atoms with E-state index in [1.54, 1.807) is 0 Å². The molecule has 1 amide bonds. The van der Waals surface area contributed by atoms with Crippen LogP contribution in [0.1, 0.15) is 28.9 Å². The van der Waals surface area contributed by atoms with Gasteiger partial charge in [-0.25, -0.2) is 8.42 Å². The van der Waals surface area contributed by atoms with E-state index >= 15 is 0 Å². The molecule has 3 rings (SSSR count). The minimum Gasteiger partial charge on any atom is -0.356 e. The number of aromatic nitrogens is 1. The van der Waals surface area contributed by atoms with Crippen LogP contribution in [-0.2, 0) is 16.6 Å². The van der Waals surface area contributed by atoms with Gasteiger partial charge >= 0.3 is 0 Å². The first-order chi connectivity index (χ1) is 13.2. The van der Waals surface area contributed by atoms with E-state index in [0.717, 1.165) is 12.8 Å². The number of sulfonamides is 1. The molecular formula is C17H19ClN4O5S. The number of nitrogens with zero attached hydrogens (tertiary/aromatic N) is 3. The van der Waals surface area contributed by atoms with Gasteiger partial charge in [0.05, 0.1) is 4.92 Å². The monoisotopic (exact) mass is 426 g/mol. The summed E-state index contributed by atoms with van der Waals surface area (Å²) in [4.78, 5) is 27.1. The molecule has 2 aromatic rings. The summed E-state index contributed by atoms with van der Waals surface area (Å²) in [6.45, 7) is 0.983. The van der Waals surface area contributed by atoms with Crippen molar-refractivity contribution in [2.24, 2.45) is 0 Å². The van der Waals surface area contributed by atoms with Gasteiger partial charge in [-0.05, 0) is 30.5 Å². The summed E-state index contributed by atoms with van der Waals surface area (Å²) in [5.74, 6) is -0.453. The maximum Gasteiger partial charge on any atom is 0.270 e. The van der Waals surface area contributed by atoms with Crippen molar-refractivity contribution in [2.75, 3.05) is 20.1 Å². The molecule has 1 aromatic carbocycles. The number of amides is 1. The van der Waals surface area contributed by atoms with E-state index in [9.17, 15) is 23.3 Å². The Bertz CT molecular complexity index is 1010. The number of carbonyl (C=O) groups is 1. The smallest absolute Gasteiger partial charge is 0.270 e. The number of aromatic amines is 1. The Morgan fingerprint density at radius 3 is 2.64 bits per heavy atom. The van der Waals surface area contributed by atoms with E-state index in [-0.39, 0.29) is 22.8 Å². The van der Waals surface area contributed by atoms with Crippen molar-refractivity contribution >= 4 is 33.2 Å². The van der Waals surface area contributed by atoms with Gasteiger partial charge in [0.25, 0.3) is 11.6 Å². The molecule has 28 heavy (non-hydrogen) atoms. The van der Waals surface area contributed by atoms with E-state index in [0.29, 0.717) is 23.7 Å². The van der Waals surface area contributed by atoms with Crippen LogP contribution in [0.15, 0.2) is 35.4 Å². The quantitative estimate of drug-likeness (QED) is 0.562. The molecule has 0 atom stereocenters. The number of non-ortho nitro benzene ring substituents is 1. The van der Waals surface area contributed by atoms with Crippen LogP contribution >= 0.6 is 11.6 Å². The highest BCUT2D eigenvalue weighted by Gasteiger charge is 2.29. The molecule has 0 radical (unpaired) electrons. The highest BCUT2D eigenvalue weighted by atomic mass is 35.5. The fraction of sp³-hybridized carbons (Fsp3) is 0.353. The molecule has 150 valence electrons. The van der Waals surface area contributed by atoms with Gasteiger partial charge < -0.3 is 9.88 Å². The summed E-state index contributed by atoms with van der Waals surface area (Å²) >= 11 is 6.08. The second kappa shape index (κ2) is 7.90. The molecular weight excluding hydrogens is 408 g/mol. The Hall–Kier alpha value is -2.43. The lowest BCUT2D eigenvalue weighted by Gasteiger charge is -2.17. The molecule has 1 aliphatic rings. The molecule has 11 heteroatoms. The maximum absolute atomic E-state index is 12.6. The van der Waals surface area contributed by atoms with Crippen molar-refractivity contribution in [1.82, 2.24) is 14.2 Å². The second-order valence-corrected chi connectivity index (χ2v) is 8.90. The third-order valence-corrected chi connectivity index (χ3v) is 6.83. The molecule has 1 saturated heterocycles. The third kappa shape index (κ3) is 4.03. The molecule has 1 N–H and O–H groups in total. The van der Waals surface area contributed by atoms with Crippen molar-refractivity contribution < 1.29 is 18.1 Å². The first-order valence-corrected chi connectivity index (χ1v) is 10.4. The van der Waals surface area contributed by atoms with Crippen LogP contribution in [0, 0.1) is 10.1 Å².